The fourth-order valence-corrected chi connectivity index (χ4v) is 1.47. The highest BCUT2D eigenvalue weighted by Gasteiger charge is 2.15. The minimum absolute atomic E-state index is 0.587. The van der Waals surface area contributed by atoms with Crippen molar-refractivity contribution >= 4 is 5.69 Å². The third kappa shape index (κ3) is 1.91. The monoisotopic (exact) mass is 199 g/mol. The van der Waals surface area contributed by atoms with Crippen LogP contribution in [0.1, 0.15) is 0 Å². The van der Waals surface area contributed by atoms with Gasteiger partial charge in [-0.25, -0.2) is 4.98 Å². The molecule has 0 radical (unpaired) electrons. The summed E-state index contributed by atoms with van der Waals surface area (Å²) in [7, 11) is 1.48. The van der Waals surface area contributed by atoms with Gasteiger partial charge in [-0.3, -0.25) is 0 Å². The van der Waals surface area contributed by atoms with Gasteiger partial charge in [-0.15, -0.1) is 0 Å². The third-order valence-electron chi connectivity index (χ3n) is 2.17. The second-order valence-corrected chi connectivity index (χ2v) is 3.23. The number of nitroso groups, excluding NO2 is 1. The number of rotatable bonds is 2. The van der Waals surface area contributed by atoms with Crippen LogP contribution in [-0.2, 0) is 0 Å². The predicted octanol–water partition coefficient (Wildman–Crippen LogP) is 2.79. The molecule has 2 rings (SSSR count). The molecule has 0 spiro atoms. The third-order valence-corrected chi connectivity index (χ3v) is 2.17. The lowest BCUT2D eigenvalue weighted by molar-refractivity contribution is -0.427. The van der Waals surface area contributed by atoms with Crippen molar-refractivity contribution in [2.45, 2.75) is 0 Å². The van der Waals surface area contributed by atoms with Crippen LogP contribution in [0.15, 0.2) is 48.7 Å². The molecule has 1 aromatic heterocycles. The molecule has 0 saturated heterocycles. The maximum Gasteiger partial charge on any atom is 0.281 e. The second-order valence-electron chi connectivity index (χ2n) is 3.23. The zero-order valence-corrected chi connectivity index (χ0v) is 8.42. The highest BCUT2D eigenvalue weighted by molar-refractivity contribution is 5.68. The number of nitrogens with zero attached hydrogens (tertiary/aromatic N) is 2. The lowest BCUT2D eigenvalue weighted by atomic mass is 10.1. The summed E-state index contributed by atoms with van der Waals surface area (Å²) in [6.07, 6.45) is 1.69. The smallest absolute Gasteiger partial charge is 0.249 e. The fraction of sp³-hybridized carbons (Fsp3) is 0.0833. The molecule has 0 aliphatic heterocycles. The van der Waals surface area contributed by atoms with E-state index in [1.165, 1.54) is 7.05 Å². The minimum Gasteiger partial charge on any atom is -0.249 e. The Hall–Kier alpha value is -2.03. The Bertz CT molecular complexity index is 480. The van der Waals surface area contributed by atoms with Gasteiger partial charge in [-0.1, -0.05) is 30.3 Å². The average molecular weight is 199 g/mol. The standard InChI is InChI=1S/C12H11N2O/c1-14(15)11-8-5-9-13-12(11)10-6-3-2-4-7-10/h2-9H,1H3/q+1. The Morgan fingerprint density at radius 3 is 2.47 bits per heavy atom. The Labute approximate surface area is 88.0 Å². The van der Waals surface area contributed by atoms with Crippen molar-refractivity contribution in [3.05, 3.63) is 53.6 Å². The van der Waals surface area contributed by atoms with E-state index in [1.807, 2.05) is 30.3 Å². The average Bonchev–Trinajstić information content (AvgIpc) is 2.30. The van der Waals surface area contributed by atoms with Crippen LogP contribution < -0.4 is 0 Å². The van der Waals surface area contributed by atoms with Crippen LogP contribution in [0.25, 0.3) is 11.3 Å². The first-order valence-corrected chi connectivity index (χ1v) is 4.70. The summed E-state index contributed by atoms with van der Waals surface area (Å²) in [6, 6.07) is 13.2. The Morgan fingerprint density at radius 2 is 1.80 bits per heavy atom. The van der Waals surface area contributed by atoms with Gasteiger partial charge in [-0.2, -0.15) is 0 Å². The van der Waals surface area contributed by atoms with Crippen LogP contribution in [0.3, 0.4) is 0 Å². The van der Waals surface area contributed by atoms with Crippen molar-refractivity contribution in [3.8, 4) is 11.3 Å². The number of aromatic nitrogens is 1. The van der Waals surface area contributed by atoms with Gasteiger partial charge >= 0.3 is 0 Å². The first-order chi connectivity index (χ1) is 7.29. The van der Waals surface area contributed by atoms with Crippen molar-refractivity contribution in [1.29, 1.82) is 0 Å². The van der Waals surface area contributed by atoms with Gasteiger partial charge in [-0.05, 0) is 6.07 Å². The summed E-state index contributed by atoms with van der Waals surface area (Å²) >= 11 is 0. The molecule has 0 amide bonds. The minimum atomic E-state index is 0.587. The number of benzene rings is 1. The van der Waals surface area contributed by atoms with E-state index >= 15 is 0 Å². The van der Waals surface area contributed by atoms with E-state index in [9.17, 15) is 4.91 Å². The Kier molecular flexibility index (Phi) is 2.54. The summed E-state index contributed by atoms with van der Waals surface area (Å²) in [5.74, 6) is 0. The molecule has 0 aliphatic carbocycles. The van der Waals surface area contributed by atoms with Crippen LogP contribution in [0, 0.1) is 4.91 Å². The first-order valence-electron chi connectivity index (χ1n) is 4.70. The van der Waals surface area contributed by atoms with E-state index in [1.54, 1.807) is 18.3 Å². The van der Waals surface area contributed by atoms with E-state index in [-0.39, 0.29) is 0 Å². The molecule has 0 atom stereocenters. The van der Waals surface area contributed by atoms with Crippen LogP contribution in [-0.4, -0.2) is 16.8 Å². The van der Waals surface area contributed by atoms with Crippen LogP contribution in [0.5, 0.6) is 0 Å². The van der Waals surface area contributed by atoms with Gasteiger partial charge < -0.3 is 0 Å². The fourth-order valence-electron chi connectivity index (χ4n) is 1.47. The molecule has 1 aromatic carbocycles. The van der Waals surface area contributed by atoms with E-state index in [0.717, 1.165) is 16.0 Å². The molecule has 0 saturated carbocycles. The zero-order valence-electron chi connectivity index (χ0n) is 8.42. The summed E-state index contributed by atoms with van der Waals surface area (Å²) < 4.78 is 0.829. The van der Waals surface area contributed by atoms with Gasteiger partial charge in [0.15, 0.2) is 7.05 Å². The molecule has 0 unspecified atom stereocenters. The van der Waals surface area contributed by atoms with Crippen LogP contribution >= 0.6 is 0 Å². The predicted molar refractivity (Wildman–Crippen MR) is 58.9 cm³/mol. The molecule has 74 valence electrons. The summed E-state index contributed by atoms with van der Waals surface area (Å²) in [6.45, 7) is 0. The van der Waals surface area contributed by atoms with E-state index in [4.69, 9.17) is 0 Å². The highest BCUT2D eigenvalue weighted by atomic mass is 16.3. The topological polar surface area (TPSA) is 33.0 Å². The molecular weight excluding hydrogens is 188 g/mol. The van der Waals surface area contributed by atoms with Crippen molar-refractivity contribution in [2.24, 2.45) is 0 Å². The van der Waals surface area contributed by atoms with Gasteiger partial charge in [0.05, 0.1) is 0 Å². The lowest BCUT2D eigenvalue weighted by Crippen LogP contribution is -1.95. The molecule has 0 fully saturated rings. The van der Waals surface area contributed by atoms with Gasteiger partial charge in [0.25, 0.3) is 5.69 Å². The molecule has 15 heavy (non-hydrogen) atoms. The molecule has 3 nitrogen and oxygen atoms in total. The normalized spacial score (nSPS) is 9.93. The van der Waals surface area contributed by atoms with Crippen molar-refractivity contribution in [1.82, 2.24) is 4.98 Å². The van der Waals surface area contributed by atoms with Gasteiger partial charge in [0, 0.05) is 27.5 Å². The summed E-state index contributed by atoms with van der Waals surface area (Å²) in [4.78, 5) is 15.5. The zero-order chi connectivity index (χ0) is 10.7. The van der Waals surface area contributed by atoms with Crippen molar-refractivity contribution in [3.63, 3.8) is 0 Å². The molecule has 3 heteroatoms. The van der Waals surface area contributed by atoms with Gasteiger partial charge in [0.2, 0.25) is 0 Å². The number of hydrogen-bond acceptors (Lipinski definition) is 2. The van der Waals surface area contributed by atoms with Crippen LogP contribution in [0.4, 0.5) is 5.69 Å². The second kappa shape index (κ2) is 4.00. The quantitative estimate of drug-likeness (QED) is 0.697. The number of hydrogen-bond donors (Lipinski definition) is 0. The molecule has 0 aliphatic rings. The van der Waals surface area contributed by atoms with E-state index in [2.05, 4.69) is 4.98 Å². The molecular formula is C12H11N2O+. The molecule has 0 N–H and O–H groups in total. The Balaban J connectivity index is 2.58. The van der Waals surface area contributed by atoms with Crippen molar-refractivity contribution in [2.75, 3.05) is 7.05 Å². The summed E-state index contributed by atoms with van der Waals surface area (Å²) in [5, 5.41) is 0. The maximum absolute atomic E-state index is 11.3. The van der Waals surface area contributed by atoms with E-state index in [0.29, 0.717) is 5.69 Å². The molecule has 2 aromatic rings. The SMILES string of the molecule is C[N+](=O)c1cccnc1-c1ccccc1. The largest absolute Gasteiger partial charge is 0.281 e. The Morgan fingerprint density at radius 1 is 1.07 bits per heavy atom. The molecule has 0 bridgehead atoms. The van der Waals surface area contributed by atoms with Crippen molar-refractivity contribution < 1.29 is 4.76 Å². The first kappa shape index (κ1) is 9.52. The van der Waals surface area contributed by atoms with Crippen LogP contribution in [0.2, 0.25) is 0 Å². The number of pyridine rings is 1. The lowest BCUT2D eigenvalue weighted by Gasteiger charge is -1.99. The van der Waals surface area contributed by atoms with Gasteiger partial charge in [0.1, 0.15) is 5.69 Å². The molecule has 1 heterocycles. The summed E-state index contributed by atoms with van der Waals surface area (Å²) in [5.41, 5.74) is 2.26. The van der Waals surface area contributed by atoms with E-state index < -0.39 is 0 Å². The highest BCUT2D eigenvalue weighted by Crippen LogP contribution is 2.25. The maximum atomic E-state index is 11.3.